The molecule has 0 unspecified atom stereocenters. The predicted molar refractivity (Wildman–Crippen MR) is 50.8 cm³/mol. The Kier molecular flexibility index (Phi) is 3.27. The van der Waals surface area contributed by atoms with Crippen LogP contribution in [0.25, 0.3) is 0 Å². The number of phenols is 1. The molecule has 1 rings (SSSR count). The van der Waals surface area contributed by atoms with E-state index < -0.39 is 17.3 Å². The van der Waals surface area contributed by atoms with Crippen molar-refractivity contribution in [3.05, 3.63) is 28.0 Å². The van der Waals surface area contributed by atoms with E-state index in [0.717, 1.165) is 6.07 Å². The lowest BCUT2D eigenvalue weighted by Gasteiger charge is -2.04. The highest BCUT2D eigenvalue weighted by atomic mass is 79.9. The van der Waals surface area contributed by atoms with Crippen LogP contribution in [0.4, 0.5) is 4.39 Å². The fourth-order valence-corrected chi connectivity index (χ4v) is 1.34. The van der Waals surface area contributed by atoms with Gasteiger partial charge in [-0.3, -0.25) is 4.79 Å². The molecule has 0 aliphatic rings. The number of carbonyl (C=O) groups is 1. The summed E-state index contributed by atoms with van der Waals surface area (Å²) in [6, 6.07) is 2.40. The molecule has 1 aromatic carbocycles. The van der Waals surface area contributed by atoms with Crippen molar-refractivity contribution in [2.75, 3.05) is 5.88 Å². The Balaban J connectivity index is 3.33. The first-order valence-corrected chi connectivity index (χ1v) is 4.66. The molecule has 0 atom stereocenters. The first kappa shape index (κ1) is 10.5. The smallest absolute Gasteiger partial charge is 0.184 e. The van der Waals surface area contributed by atoms with Crippen LogP contribution in [0, 0.1) is 5.82 Å². The lowest BCUT2D eigenvalue weighted by atomic mass is 10.1. The van der Waals surface area contributed by atoms with Gasteiger partial charge in [0.15, 0.2) is 5.78 Å². The zero-order chi connectivity index (χ0) is 10.0. The molecule has 0 aromatic heterocycles. The molecule has 0 fully saturated rings. The fraction of sp³-hybridized carbons (Fsp3) is 0.125. The number of benzene rings is 1. The Morgan fingerprint density at radius 2 is 2.23 bits per heavy atom. The molecule has 0 spiro atoms. The van der Waals surface area contributed by atoms with Crippen molar-refractivity contribution in [2.45, 2.75) is 0 Å². The maximum atomic E-state index is 13.0. The second-order valence-electron chi connectivity index (χ2n) is 2.31. The maximum absolute atomic E-state index is 13.0. The van der Waals surface area contributed by atoms with E-state index >= 15 is 0 Å². The van der Waals surface area contributed by atoms with Gasteiger partial charge in [-0.15, -0.1) is 11.6 Å². The van der Waals surface area contributed by atoms with Crippen LogP contribution < -0.4 is 0 Å². The van der Waals surface area contributed by atoms with E-state index in [1.54, 1.807) is 0 Å². The van der Waals surface area contributed by atoms with Gasteiger partial charge in [0.1, 0.15) is 11.6 Å². The molecule has 0 aliphatic carbocycles. The largest absolute Gasteiger partial charge is 0.506 e. The van der Waals surface area contributed by atoms with Crippen molar-refractivity contribution >= 4 is 33.3 Å². The number of phenolic OH excluding ortho intramolecular Hbond substituents is 1. The van der Waals surface area contributed by atoms with Gasteiger partial charge in [0, 0.05) is 0 Å². The molecule has 5 heteroatoms. The number of hydrogen-bond acceptors (Lipinski definition) is 2. The molecule has 1 N–H and O–H groups in total. The van der Waals surface area contributed by atoms with Crippen LogP contribution in [0.15, 0.2) is 16.6 Å². The highest BCUT2D eigenvalue weighted by molar-refractivity contribution is 9.10. The maximum Gasteiger partial charge on any atom is 0.184 e. The number of aromatic hydroxyl groups is 1. The van der Waals surface area contributed by atoms with Crippen LogP contribution in [0.3, 0.4) is 0 Å². The van der Waals surface area contributed by atoms with Gasteiger partial charge in [0.05, 0.1) is 15.9 Å². The monoisotopic (exact) mass is 266 g/mol. The number of halogens is 3. The van der Waals surface area contributed by atoms with Gasteiger partial charge in [-0.2, -0.15) is 0 Å². The molecule has 13 heavy (non-hydrogen) atoms. The summed E-state index contributed by atoms with van der Waals surface area (Å²) in [7, 11) is 0. The summed E-state index contributed by atoms with van der Waals surface area (Å²) in [6.07, 6.45) is 0. The van der Waals surface area contributed by atoms with Crippen LogP contribution in [0.5, 0.6) is 5.75 Å². The van der Waals surface area contributed by atoms with Crippen LogP contribution in [-0.2, 0) is 0 Å². The quantitative estimate of drug-likeness (QED) is 0.661. The second kappa shape index (κ2) is 4.07. The first-order valence-electron chi connectivity index (χ1n) is 3.34. The zero-order valence-electron chi connectivity index (χ0n) is 6.35. The van der Waals surface area contributed by atoms with E-state index in [1.807, 2.05) is 0 Å². The molecule has 1 aromatic rings. The van der Waals surface area contributed by atoms with Gasteiger partial charge < -0.3 is 5.11 Å². The Bertz CT molecular complexity index is 354. The molecule has 0 bridgehead atoms. The summed E-state index contributed by atoms with van der Waals surface area (Å²) in [5.41, 5.74) is -0.371. The van der Waals surface area contributed by atoms with Crippen molar-refractivity contribution in [3.63, 3.8) is 0 Å². The predicted octanol–water partition coefficient (Wildman–Crippen LogP) is 2.72. The van der Waals surface area contributed by atoms with Gasteiger partial charge in [-0.1, -0.05) is 0 Å². The van der Waals surface area contributed by atoms with Crippen LogP contribution in [0.1, 0.15) is 10.4 Å². The Labute approximate surface area is 87.5 Å². The zero-order valence-corrected chi connectivity index (χ0v) is 8.69. The van der Waals surface area contributed by atoms with Crippen molar-refractivity contribution < 1.29 is 14.3 Å². The molecule has 2 nitrogen and oxygen atoms in total. The van der Waals surface area contributed by atoms with E-state index in [4.69, 9.17) is 11.6 Å². The molecule has 0 saturated heterocycles. The number of carbonyl (C=O) groups excluding carboxylic acids is 1. The van der Waals surface area contributed by atoms with Gasteiger partial charge in [-0.25, -0.2) is 4.39 Å². The van der Waals surface area contributed by atoms with E-state index in [0.29, 0.717) is 0 Å². The Morgan fingerprint density at radius 3 is 2.77 bits per heavy atom. The summed E-state index contributed by atoms with van der Waals surface area (Å²) >= 11 is 8.21. The van der Waals surface area contributed by atoms with Crippen molar-refractivity contribution in [1.29, 1.82) is 0 Å². The van der Waals surface area contributed by atoms with Crippen molar-refractivity contribution in [3.8, 4) is 5.75 Å². The highest BCUT2D eigenvalue weighted by Crippen LogP contribution is 2.30. The summed E-state index contributed by atoms with van der Waals surface area (Å²) in [5, 5.41) is 9.31. The summed E-state index contributed by atoms with van der Waals surface area (Å²) in [6.45, 7) is 0. The standard InChI is InChI=1S/C8H5BrClFO2/c9-4-1-2-5(11)7(8(4)13)6(12)3-10/h1-2,13H,3H2. The number of hydrogen-bond donors (Lipinski definition) is 1. The van der Waals surface area contributed by atoms with Gasteiger partial charge in [0.25, 0.3) is 0 Å². The van der Waals surface area contributed by atoms with Gasteiger partial charge in [0.2, 0.25) is 0 Å². The average molecular weight is 267 g/mol. The third kappa shape index (κ3) is 2.00. The van der Waals surface area contributed by atoms with E-state index in [9.17, 15) is 14.3 Å². The van der Waals surface area contributed by atoms with Crippen molar-refractivity contribution in [1.82, 2.24) is 0 Å². The fourth-order valence-electron chi connectivity index (χ4n) is 0.873. The minimum atomic E-state index is -0.772. The molecule has 0 heterocycles. The number of alkyl halides is 1. The Hall–Kier alpha value is -0.610. The van der Waals surface area contributed by atoms with E-state index in [-0.39, 0.29) is 15.9 Å². The first-order chi connectivity index (χ1) is 6.07. The molecular weight excluding hydrogens is 262 g/mol. The molecule has 70 valence electrons. The lowest BCUT2D eigenvalue weighted by molar-refractivity contribution is 0.101. The van der Waals surface area contributed by atoms with E-state index in [1.165, 1.54) is 6.07 Å². The second-order valence-corrected chi connectivity index (χ2v) is 3.43. The number of rotatable bonds is 2. The van der Waals surface area contributed by atoms with Crippen LogP contribution in [-0.4, -0.2) is 16.8 Å². The minimum absolute atomic E-state index is 0.266. The Morgan fingerprint density at radius 1 is 1.62 bits per heavy atom. The minimum Gasteiger partial charge on any atom is -0.506 e. The van der Waals surface area contributed by atoms with Gasteiger partial charge >= 0.3 is 0 Å². The SMILES string of the molecule is O=C(CCl)c1c(F)ccc(Br)c1O. The lowest BCUT2D eigenvalue weighted by Crippen LogP contribution is -2.04. The summed E-state index contributed by atoms with van der Waals surface area (Å²) in [4.78, 5) is 11.1. The number of Topliss-reactive ketones (excluding diaryl/α,β-unsaturated/α-hetero) is 1. The molecule has 0 aliphatic heterocycles. The average Bonchev–Trinajstić information content (AvgIpc) is 2.12. The number of ketones is 1. The van der Waals surface area contributed by atoms with Gasteiger partial charge in [-0.05, 0) is 28.1 Å². The van der Waals surface area contributed by atoms with E-state index in [2.05, 4.69) is 15.9 Å². The van der Waals surface area contributed by atoms with Crippen molar-refractivity contribution in [2.24, 2.45) is 0 Å². The third-order valence-corrected chi connectivity index (χ3v) is 2.36. The van der Waals surface area contributed by atoms with Crippen LogP contribution >= 0.6 is 27.5 Å². The molecule has 0 saturated carbocycles. The molecule has 0 radical (unpaired) electrons. The van der Waals surface area contributed by atoms with Crippen LogP contribution in [0.2, 0.25) is 0 Å². The summed E-state index contributed by atoms with van der Waals surface area (Å²) < 4.78 is 13.3. The normalized spacial score (nSPS) is 10.1. The molecular formula is C8H5BrClFO2. The molecule has 0 amide bonds. The highest BCUT2D eigenvalue weighted by Gasteiger charge is 2.17. The third-order valence-electron chi connectivity index (χ3n) is 1.48. The summed E-state index contributed by atoms with van der Waals surface area (Å²) in [5.74, 6) is -2.18. The topological polar surface area (TPSA) is 37.3 Å².